The van der Waals surface area contributed by atoms with E-state index < -0.39 is 5.54 Å². The van der Waals surface area contributed by atoms with Crippen molar-refractivity contribution in [3.8, 4) is 0 Å². The van der Waals surface area contributed by atoms with Gasteiger partial charge in [-0.3, -0.25) is 4.79 Å². The van der Waals surface area contributed by atoms with Crippen LogP contribution in [0.2, 0.25) is 0 Å². The summed E-state index contributed by atoms with van der Waals surface area (Å²) in [5.41, 5.74) is 0.758. The molecule has 0 aromatic heterocycles. The Labute approximate surface area is 126 Å². The lowest BCUT2D eigenvalue weighted by Crippen LogP contribution is -2.59. The molecular weight excluding hydrogens is 264 g/mol. The molecule has 2 heterocycles. The molecular formula is C17H24N2O2. The van der Waals surface area contributed by atoms with Crippen LogP contribution in [0.3, 0.4) is 0 Å². The summed E-state index contributed by atoms with van der Waals surface area (Å²) < 4.78 is 5.85. The summed E-state index contributed by atoms with van der Waals surface area (Å²) >= 11 is 0. The SMILES string of the molecule is CC1(C(=O)N2CCOC(c3ccccc3)C2)CCCCN1. The molecule has 1 aromatic carbocycles. The van der Waals surface area contributed by atoms with E-state index in [0.717, 1.165) is 24.9 Å². The maximum atomic E-state index is 12.9. The number of carbonyl (C=O) groups is 1. The van der Waals surface area contributed by atoms with Gasteiger partial charge < -0.3 is 15.0 Å². The number of piperidine rings is 1. The second-order valence-electron chi connectivity index (χ2n) is 6.24. The smallest absolute Gasteiger partial charge is 0.242 e. The molecule has 1 amide bonds. The highest BCUT2D eigenvalue weighted by atomic mass is 16.5. The monoisotopic (exact) mass is 288 g/mol. The zero-order chi connectivity index (χ0) is 14.7. The van der Waals surface area contributed by atoms with Gasteiger partial charge in [0.15, 0.2) is 0 Å². The number of amides is 1. The Kier molecular flexibility index (Phi) is 4.27. The van der Waals surface area contributed by atoms with Crippen molar-refractivity contribution in [3.63, 3.8) is 0 Å². The molecule has 1 aromatic rings. The number of nitrogens with one attached hydrogen (secondary N) is 1. The van der Waals surface area contributed by atoms with Crippen LogP contribution >= 0.6 is 0 Å². The third-order valence-corrected chi connectivity index (χ3v) is 4.62. The lowest BCUT2D eigenvalue weighted by Gasteiger charge is -2.41. The molecule has 3 rings (SSSR count). The van der Waals surface area contributed by atoms with Crippen LogP contribution in [0, 0.1) is 0 Å². The van der Waals surface area contributed by atoms with Crippen LogP contribution in [-0.4, -0.2) is 42.6 Å². The summed E-state index contributed by atoms with van der Waals surface area (Å²) in [6, 6.07) is 10.2. The van der Waals surface area contributed by atoms with E-state index in [-0.39, 0.29) is 12.0 Å². The van der Waals surface area contributed by atoms with Crippen LogP contribution in [-0.2, 0) is 9.53 Å². The minimum Gasteiger partial charge on any atom is -0.370 e. The van der Waals surface area contributed by atoms with E-state index in [2.05, 4.69) is 17.4 Å². The van der Waals surface area contributed by atoms with Crippen molar-refractivity contribution in [3.05, 3.63) is 35.9 Å². The number of nitrogens with zero attached hydrogens (tertiary/aromatic N) is 1. The van der Waals surface area contributed by atoms with Gasteiger partial charge in [-0.05, 0) is 38.3 Å². The predicted molar refractivity (Wildman–Crippen MR) is 82.0 cm³/mol. The van der Waals surface area contributed by atoms with Gasteiger partial charge in [0.2, 0.25) is 5.91 Å². The van der Waals surface area contributed by atoms with Crippen LogP contribution in [0.4, 0.5) is 0 Å². The molecule has 2 fully saturated rings. The number of benzene rings is 1. The third kappa shape index (κ3) is 3.11. The van der Waals surface area contributed by atoms with E-state index in [1.807, 2.05) is 30.0 Å². The molecule has 2 unspecified atom stereocenters. The predicted octanol–water partition coefficient (Wildman–Crippen LogP) is 2.12. The van der Waals surface area contributed by atoms with Crippen molar-refractivity contribution in [2.24, 2.45) is 0 Å². The lowest BCUT2D eigenvalue weighted by atomic mass is 9.89. The fourth-order valence-electron chi connectivity index (χ4n) is 3.29. The summed E-state index contributed by atoms with van der Waals surface area (Å²) in [5, 5.41) is 3.42. The molecule has 0 radical (unpaired) electrons. The molecule has 1 N–H and O–H groups in total. The van der Waals surface area contributed by atoms with Crippen LogP contribution in [0.25, 0.3) is 0 Å². The summed E-state index contributed by atoms with van der Waals surface area (Å²) in [6.45, 7) is 4.94. The topological polar surface area (TPSA) is 41.6 Å². The number of morpholine rings is 1. The van der Waals surface area contributed by atoms with Gasteiger partial charge in [-0.2, -0.15) is 0 Å². The number of carbonyl (C=O) groups excluding carboxylic acids is 1. The minimum absolute atomic E-state index is 0.00362. The molecule has 0 saturated carbocycles. The first kappa shape index (κ1) is 14.5. The average Bonchev–Trinajstić information content (AvgIpc) is 2.56. The fourth-order valence-corrected chi connectivity index (χ4v) is 3.29. The molecule has 0 bridgehead atoms. The van der Waals surface area contributed by atoms with E-state index in [1.54, 1.807) is 0 Å². The van der Waals surface area contributed by atoms with Crippen molar-refractivity contribution >= 4 is 5.91 Å². The molecule has 2 saturated heterocycles. The molecule has 2 aliphatic rings. The van der Waals surface area contributed by atoms with Gasteiger partial charge in [0.05, 0.1) is 18.7 Å². The molecule has 0 spiro atoms. The highest BCUT2D eigenvalue weighted by Gasteiger charge is 2.39. The van der Waals surface area contributed by atoms with E-state index in [9.17, 15) is 4.79 Å². The molecule has 114 valence electrons. The molecule has 4 heteroatoms. The number of ether oxygens (including phenoxy) is 1. The number of hydrogen-bond donors (Lipinski definition) is 1. The standard InChI is InChI=1S/C17H24N2O2/c1-17(9-5-6-10-18-17)16(20)19-11-12-21-15(13-19)14-7-3-2-4-8-14/h2-4,7-8,15,18H,5-6,9-13H2,1H3. The Morgan fingerprint density at radius 2 is 2.14 bits per heavy atom. The largest absolute Gasteiger partial charge is 0.370 e. The van der Waals surface area contributed by atoms with Crippen molar-refractivity contribution in [2.75, 3.05) is 26.2 Å². The van der Waals surface area contributed by atoms with Crippen molar-refractivity contribution in [2.45, 2.75) is 37.8 Å². The average molecular weight is 288 g/mol. The Balaban J connectivity index is 1.69. The Bertz CT molecular complexity index is 483. The van der Waals surface area contributed by atoms with Crippen molar-refractivity contribution < 1.29 is 9.53 Å². The maximum Gasteiger partial charge on any atom is 0.242 e. The second-order valence-corrected chi connectivity index (χ2v) is 6.24. The van der Waals surface area contributed by atoms with E-state index in [4.69, 9.17) is 4.74 Å². The number of rotatable bonds is 2. The molecule has 4 nitrogen and oxygen atoms in total. The summed E-state index contributed by atoms with van der Waals surface area (Å²) in [7, 11) is 0. The minimum atomic E-state index is -0.392. The van der Waals surface area contributed by atoms with Crippen LogP contribution < -0.4 is 5.32 Å². The fraction of sp³-hybridized carbons (Fsp3) is 0.588. The highest BCUT2D eigenvalue weighted by Crippen LogP contribution is 2.26. The Morgan fingerprint density at radius 1 is 1.33 bits per heavy atom. The van der Waals surface area contributed by atoms with Gasteiger partial charge in [-0.25, -0.2) is 0 Å². The zero-order valence-corrected chi connectivity index (χ0v) is 12.7. The van der Waals surface area contributed by atoms with E-state index >= 15 is 0 Å². The first-order chi connectivity index (χ1) is 10.2. The van der Waals surface area contributed by atoms with Gasteiger partial charge in [-0.15, -0.1) is 0 Å². The van der Waals surface area contributed by atoms with E-state index in [0.29, 0.717) is 19.7 Å². The highest BCUT2D eigenvalue weighted by molar-refractivity contribution is 5.86. The van der Waals surface area contributed by atoms with Crippen LogP contribution in [0.15, 0.2) is 30.3 Å². The molecule has 21 heavy (non-hydrogen) atoms. The van der Waals surface area contributed by atoms with Gasteiger partial charge >= 0.3 is 0 Å². The summed E-state index contributed by atoms with van der Waals surface area (Å²) in [5.74, 6) is 0.228. The van der Waals surface area contributed by atoms with Gasteiger partial charge in [0.25, 0.3) is 0 Å². The second kappa shape index (κ2) is 6.16. The Hall–Kier alpha value is -1.39. The molecule has 0 aliphatic carbocycles. The van der Waals surface area contributed by atoms with E-state index in [1.165, 1.54) is 6.42 Å². The zero-order valence-electron chi connectivity index (χ0n) is 12.7. The van der Waals surface area contributed by atoms with Gasteiger partial charge in [0.1, 0.15) is 6.10 Å². The quantitative estimate of drug-likeness (QED) is 0.906. The van der Waals surface area contributed by atoms with Crippen molar-refractivity contribution in [1.29, 1.82) is 0 Å². The normalized spacial score (nSPS) is 30.1. The molecule has 2 atom stereocenters. The number of hydrogen-bond acceptors (Lipinski definition) is 3. The summed E-state index contributed by atoms with van der Waals surface area (Å²) in [4.78, 5) is 14.8. The van der Waals surface area contributed by atoms with Gasteiger partial charge in [0, 0.05) is 6.54 Å². The van der Waals surface area contributed by atoms with Crippen LogP contribution in [0.5, 0.6) is 0 Å². The Morgan fingerprint density at radius 3 is 2.86 bits per heavy atom. The molecule has 2 aliphatic heterocycles. The summed E-state index contributed by atoms with van der Waals surface area (Å²) in [6.07, 6.45) is 3.22. The van der Waals surface area contributed by atoms with Crippen LogP contribution in [0.1, 0.15) is 37.9 Å². The third-order valence-electron chi connectivity index (χ3n) is 4.62. The van der Waals surface area contributed by atoms with Gasteiger partial charge in [-0.1, -0.05) is 30.3 Å². The lowest BCUT2D eigenvalue weighted by molar-refractivity contribution is -0.146. The maximum absolute atomic E-state index is 12.9. The first-order valence-electron chi connectivity index (χ1n) is 7.90. The first-order valence-corrected chi connectivity index (χ1v) is 7.90. The van der Waals surface area contributed by atoms with Crippen molar-refractivity contribution in [1.82, 2.24) is 10.2 Å².